The van der Waals surface area contributed by atoms with E-state index in [0.717, 1.165) is 36.5 Å². The van der Waals surface area contributed by atoms with Crippen molar-refractivity contribution >= 4 is 5.97 Å². The van der Waals surface area contributed by atoms with E-state index in [0.29, 0.717) is 13.2 Å². The van der Waals surface area contributed by atoms with Gasteiger partial charge in [0.05, 0.1) is 19.4 Å². The van der Waals surface area contributed by atoms with E-state index in [1.165, 1.54) is 0 Å². The lowest BCUT2D eigenvalue weighted by Crippen LogP contribution is -2.37. The molecule has 2 heterocycles. The van der Waals surface area contributed by atoms with Gasteiger partial charge in [-0.3, -0.25) is 14.7 Å². The van der Waals surface area contributed by atoms with Crippen molar-refractivity contribution in [3.8, 4) is 5.75 Å². The Kier molecular flexibility index (Phi) is 4.95. The van der Waals surface area contributed by atoms with Crippen molar-refractivity contribution in [2.75, 3.05) is 20.3 Å². The van der Waals surface area contributed by atoms with E-state index in [9.17, 15) is 4.79 Å². The van der Waals surface area contributed by atoms with Gasteiger partial charge in [0, 0.05) is 24.4 Å². The normalized spacial score (nSPS) is 19.1. The molecule has 20 heavy (non-hydrogen) atoms. The maximum absolute atomic E-state index is 11.9. The van der Waals surface area contributed by atoms with Crippen LogP contribution in [0.2, 0.25) is 0 Å². The van der Waals surface area contributed by atoms with Crippen LogP contribution in [0.5, 0.6) is 5.75 Å². The van der Waals surface area contributed by atoms with Gasteiger partial charge in [0.1, 0.15) is 11.8 Å². The molecule has 1 unspecified atom stereocenters. The average molecular weight is 278 g/mol. The van der Waals surface area contributed by atoms with Crippen molar-refractivity contribution in [1.29, 1.82) is 0 Å². The zero-order valence-corrected chi connectivity index (χ0v) is 12.4. The highest BCUT2D eigenvalue weighted by atomic mass is 16.5. The molecule has 1 aromatic heterocycles. The van der Waals surface area contributed by atoms with Gasteiger partial charge >= 0.3 is 5.97 Å². The van der Waals surface area contributed by atoms with Gasteiger partial charge in [-0.05, 0) is 33.2 Å². The van der Waals surface area contributed by atoms with Gasteiger partial charge in [-0.2, -0.15) is 0 Å². The van der Waals surface area contributed by atoms with E-state index in [1.54, 1.807) is 7.11 Å². The summed E-state index contributed by atoms with van der Waals surface area (Å²) in [5.41, 5.74) is 1.85. The lowest BCUT2D eigenvalue weighted by Gasteiger charge is -2.22. The number of methoxy groups -OCH3 is 1. The molecule has 0 spiro atoms. The molecule has 2 rings (SSSR count). The number of likely N-dealkylation sites (tertiary alicyclic amines) is 1. The van der Waals surface area contributed by atoms with Crippen LogP contribution in [-0.2, 0) is 16.1 Å². The molecule has 0 amide bonds. The van der Waals surface area contributed by atoms with E-state index in [4.69, 9.17) is 9.47 Å². The molecule has 110 valence electrons. The molecule has 1 aromatic rings. The van der Waals surface area contributed by atoms with Crippen LogP contribution < -0.4 is 4.74 Å². The first kappa shape index (κ1) is 14.8. The summed E-state index contributed by atoms with van der Waals surface area (Å²) < 4.78 is 10.4. The molecule has 0 aliphatic carbocycles. The summed E-state index contributed by atoms with van der Waals surface area (Å²) in [5.74, 6) is 0.684. The number of aryl methyl sites for hydroxylation is 1. The molecule has 0 radical (unpaired) electrons. The van der Waals surface area contributed by atoms with Crippen LogP contribution in [0.25, 0.3) is 0 Å². The van der Waals surface area contributed by atoms with E-state index in [-0.39, 0.29) is 12.0 Å². The number of aromatic nitrogens is 1. The van der Waals surface area contributed by atoms with Crippen molar-refractivity contribution in [3.63, 3.8) is 0 Å². The van der Waals surface area contributed by atoms with Crippen LogP contribution in [0.4, 0.5) is 0 Å². The molecular formula is C15H22N2O3. The topological polar surface area (TPSA) is 51.7 Å². The number of hydrogen-bond acceptors (Lipinski definition) is 5. The summed E-state index contributed by atoms with van der Waals surface area (Å²) in [6.07, 6.45) is 1.88. The monoisotopic (exact) mass is 278 g/mol. The molecule has 0 aromatic carbocycles. The number of pyridine rings is 1. The Morgan fingerprint density at radius 3 is 3.00 bits per heavy atom. The number of nitrogens with zero attached hydrogens (tertiary/aromatic N) is 2. The number of carbonyl (C=O) groups excluding carboxylic acids is 1. The Morgan fingerprint density at radius 1 is 1.50 bits per heavy atom. The number of rotatable bonds is 5. The summed E-state index contributed by atoms with van der Waals surface area (Å²) in [7, 11) is 1.65. The Hall–Kier alpha value is -1.62. The highest BCUT2D eigenvalue weighted by Gasteiger charge is 2.31. The second-order valence-electron chi connectivity index (χ2n) is 5.02. The lowest BCUT2D eigenvalue weighted by atomic mass is 10.2. The Labute approximate surface area is 119 Å². The van der Waals surface area contributed by atoms with Gasteiger partial charge in [-0.1, -0.05) is 0 Å². The standard InChI is InChI=1S/C15H22N2O3/c1-4-20-15(18)14-6-5-7-17(14)10-12-9-13(19-3)8-11(2)16-12/h8-9,14H,4-7,10H2,1-3H3. The largest absolute Gasteiger partial charge is 0.497 e. The fourth-order valence-electron chi connectivity index (χ4n) is 2.63. The summed E-state index contributed by atoms with van der Waals surface area (Å²) >= 11 is 0. The molecule has 0 N–H and O–H groups in total. The second-order valence-corrected chi connectivity index (χ2v) is 5.02. The van der Waals surface area contributed by atoms with E-state index in [2.05, 4.69) is 9.88 Å². The predicted octanol–water partition coefficient (Wildman–Crippen LogP) is 1.93. The highest BCUT2D eigenvalue weighted by molar-refractivity contribution is 5.76. The van der Waals surface area contributed by atoms with Crippen molar-refractivity contribution in [3.05, 3.63) is 23.5 Å². The van der Waals surface area contributed by atoms with Gasteiger partial charge < -0.3 is 9.47 Å². The summed E-state index contributed by atoms with van der Waals surface area (Å²) in [6, 6.07) is 3.69. The molecule has 1 atom stereocenters. The van der Waals surface area contributed by atoms with Crippen LogP contribution >= 0.6 is 0 Å². The van der Waals surface area contributed by atoms with E-state index >= 15 is 0 Å². The first-order valence-corrected chi connectivity index (χ1v) is 7.06. The number of hydrogen-bond donors (Lipinski definition) is 0. The molecule has 1 aliphatic rings. The molecule has 5 heteroatoms. The van der Waals surface area contributed by atoms with E-state index in [1.807, 2.05) is 26.0 Å². The van der Waals surface area contributed by atoms with Crippen molar-refractivity contribution in [2.45, 2.75) is 39.3 Å². The Morgan fingerprint density at radius 2 is 2.30 bits per heavy atom. The molecule has 5 nitrogen and oxygen atoms in total. The average Bonchev–Trinajstić information content (AvgIpc) is 2.86. The van der Waals surface area contributed by atoms with Crippen molar-refractivity contribution in [1.82, 2.24) is 9.88 Å². The van der Waals surface area contributed by atoms with Crippen LogP contribution in [0.1, 0.15) is 31.2 Å². The third kappa shape index (κ3) is 3.48. The fraction of sp³-hybridized carbons (Fsp3) is 0.600. The summed E-state index contributed by atoms with van der Waals surface area (Å²) in [6.45, 7) is 5.77. The van der Waals surface area contributed by atoms with Gasteiger partial charge in [0.25, 0.3) is 0 Å². The minimum Gasteiger partial charge on any atom is -0.497 e. The van der Waals surface area contributed by atoms with Gasteiger partial charge in [0.15, 0.2) is 0 Å². The molecule has 1 fully saturated rings. The zero-order chi connectivity index (χ0) is 14.5. The van der Waals surface area contributed by atoms with Crippen molar-refractivity contribution in [2.24, 2.45) is 0 Å². The molecule has 0 saturated carbocycles. The van der Waals surface area contributed by atoms with Gasteiger partial charge in [-0.15, -0.1) is 0 Å². The Bertz CT molecular complexity index is 476. The molecular weight excluding hydrogens is 256 g/mol. The molecule has 1 aliphatic heterocycles. The fourth-order valence-corrected chi connectivity index (χ4v) is 2.63. The summed E-state index contributed by atoms with van der Waals surface area (Å²) in [4.78, 5) is 18.6. The predicted molar refractivity (Wildman–Crippen MR) is 75.6 cm³/mol. The maximum Gasteiger partial charge on any atom is 0.323 e. The van der Waals surface area contributed by atoms with Crippen molar-refractivity contribution < 1.29 is 14.3 Å². The number of ether oxygens (including phenoxy) is 2. The highest BCUT2D eigenvalue weighted by Crippen LogP contribution is 2.22. The quantitative estimate of drug-likeness (QED) is 0.770. The minimum absolute atomic E-state index is 0.121. The molecule has 0 bridgehead atoms. The van der Waals surface area contributed by atoms with Gasteiger partial charge in [-0.25, -0.2) is 0 Å². The first-order valence-electron chi connectivity index (χ1n) is 7.06. The van der Waals surface area contributed by atoms with Gasteiger partial charge in [0.2, 0.25) is 0 Å². The van der Waals surface area contributed by atoms with Crippen LogP contribution in [0.15, 0.2) is 12.1 Å². The van der Waals surface area contributed by atoms with Crippen LogP contribution in [0.3, 0.4) is 0 Å². The van der Waals surface area contributed by atoms with E-state index < -0.39 is 0 Å². The maximum atomic E-state index is 11.9. The number of carbonyl (C=O) groups is 1. The summed E-state index contributed by atoms with van der Waals surface area (Å²) in [5, 5.41) is 0. The molecule has 1 saturated heterocycles. The zero-order valence-electron chi connectivity index (χ0n) is 12.4. The smallest absolute Gasteiger partial charge is 0.323 e. The minimum atomic E-state index is -0.136. The Balaban J connectivity index is 2.08. The van der Waals surface area contributed by atoms with Crippen LogP contribution in [0, 0.1) is 6.92 Å². The third-order valence-electron chi connectivity index (χ3n) is 3.50. The van der Waals surface area contributed by atoms with Crippen LogP contribution in [-0.4, -0.2) is 42.2 Å². The third-order valence-corrected chi connectivity index (χ3v) is 3.50. The lowest BCUT2D eigenvalue weighted by molar-refractivity contribution is -0.148. The SMILES string of the molecule is CCOC(=O)C1CCCN1Cc1cc(OC)cc(C)n1. The number of esters is 1. The second kappa shape index (κ2) is 6.70. The first-order chi connectivity index (χ1) is 9.63.